The molecule has 2 saturated heterocycles. The molecule has 152 valence electrons. The summed E-state index contributed by atoms with van der Waals surface area (Å²) in [5, 5.41) is 9.40. The number of nitrogens with one attached hydrogen (secondary N) is 3. The summed E-state index contributed by atoms with van der Waals surface area (Å²) < 4.78 is 0. The van der Waals surface area contributed by atoms with Gasteiger partial charge in [-0.05, 0) is 81.9 Å². The molecule has 1 spiro atoms. The largest absolute Gasteiger partial charge is 0.326 e. The normalized spacial score (nSPS) is 23.9. The van der Waals surface area contributed by atoms with Crippen LogP contribution in [-0.4, -0.2) is 49.4 Å². The number of nitrogens with zero attached hydrogens (tertiary/aromatic N) is 1. The Balaban J connectivity index is 1.25. The summed E-state index contributed by atoms with van der Waals surface area (Å²) in [6, 6.07) is 7.50. The van der Waals surface area contributed by atoms with Crippen molar-refractivity contribution in [3.63, 3.8) is 0 Å². The van der Waals surface area contributed by atoms with Crippen molar-refractivity contribution in [3.05, 3.63) is 24.3 Å². The fraction of sp³-hybridized carbons (Fsp3) is 0.636. The highest BCUT2D eigenvalue weighted by molar-refractivity contribution is 5.96. The van der Waals surface area contributed by atoms with Gasteiger partial charge in [0.1, 0.15) is 0 Å². The molecule has 1 aliphatic carbocycles. The van der Waals surface area contributed by atoms with Gasteiger partial charge < -0.3 is 20.9 Å². The Morgan fingerprint density at radius 3 is 2.54 bits per heavy atom. The van der Waals surface area contributed by atoms with E-state index >= 15 is 0 Å². The van der Waals surface area contributed by atoms with Gasteiger partial charge in [-0.3, -0.25) is 9.59 Å². The number of benzene rings is 1. The molecule has 1 aromatic carbocycles. The van der Waals surface area contributed by atoms with Gasteiger partial charge in [0, 0.05) is 30.3 Å². The summed E-state index contributed by atoms with van der Waals surface area (Å²) in [4.78, 5) is 27.3. The van der Waals surface area contributed by atoms with E-state index in [1.165, 1.54) is 19.3 Å². The fourth-order valence-electron chi connectivity index (χ4n) is 4.77. The van der Waals surface area contributed by atoms with Crippen LogP contribution in [0, 0.1) is 11.3 Å². The van der Waals surface area contributed by atoms with Crippen molar-refractivity contribution in [2.24, 2.45) is 11.3 Å². The van der Waals surface area contributed by atoms with Crippen LogP contribution in [0.3, 0.4) is 0 Å². The van der Waals surface area contributed by atoms with Crippen molar-refractivity contribution in [2.75, 3.05) is 43.4 Å². The third kappa shape index (κ3) is 4.73. The highest BCUT2D eigenvalue weighted by atomic mass is 16.2. The van der Waals surface area contributed by atoms with Crippen molar-refractivity contribution in [2.45, 2.75) is 44.9 Å². The van der Waals surface area contributed by atoms with E-state index in [2.05, 4.69) is 20.9 Å². The zero-order valence-corrected chi connectivity index (χ0v) is 16.6. The Morgan fingerprint density at radius 1 is 1.07 bits per heavy atom. The summed E-state index contributed by atoms with van der Waals surface area (Å²) in [6.45, 7) is 5.06. The molecule has 1 atom stereocenters. The van der Waals surface area contributed by atoms with Crippen LogP contribution in [0.4, 0.5) is 11.4 Å². The van der Waals surface area contributed by atoms with Crippen molar-refractivity contribution in [1.29, 1.82) is 0 Å². The number of hydrogen-bond donors (Lipinski definition) is 3. The lowest BCUT2D eigenvalue weighted by Crippen LogP contribution is -2.32. The molecule has 0 aromatic heterocycles. The lowest BCUT2D eigenvalue weighted by molar-refractivity contribution is -0.118. The van der Waals surface area contributed by atoms with E-state index in [1.807, 2.05) is 24.3 Å². The average molecular weight is 385 g/mol. The first kappa shape index (κ1) is 19.4. The molecular weight excluding hydrogens is 352 g/mol. The maximum atomic E-state index is 12.6. The van der Waals surface area contributed by atoms with Crippen LogP contribution in [-0.2, 0) is 9.59 Å². The molecule has 4 rings (SSSR count). The van der Waals surface area contributed by atoms with E-state index in [9.17, 15) is 9.59 Å². The first-order valence-corrected chi connectivity index (χ1v) is 10.8. The molecule has 3 N–H and O–H groups in total. The van der Waals surface area contributed by atoms with E-state index < -0.39 is 0 Å². The van der Waals surface area contributed by atoms with Crippen LogP contribution in [0.15, 0.2) is 24.3 Å². The molecule has 6 heteroatoms. The molecule has 1 aromatic rings. The van der Waals surface area contributed by atoms with Crippen LogP contribution >= 0.6 is 0 Å². The second kappa shape index (κ2) is 8.62. The minimum atomic E-state index is 0.0323. The first-order valence-electron chi connectivity index (χ1n) is 10.8. The summed E-state index contributed by atoms with van der Waals surface area (Å²) in [5.41, 5.74) is 1.74. The number of rotatable bonds is 6. The number of amides is 2. The second-order valence-electron chi connectivity index (χ2n) is 8.64. The van der Waals surface area contributed by atoms with E-state index in [0.717, 1.165) is 63.4 Å². The van der Waals surface area contributed by atoms with Crippen LogP contribution in [0.1, 0.15) is 44.9 Å². The molecule has 28 heavy (non-hydrogen) atoms. The molecule has 0 radical (unpaired) electrons. The summed E-state index contributed by atoms with van der Waals surface area (Å²) in [7, 11) is 0. The van der Waals surface area contributed by atoms with Gasteiger partial charge in [0.05, 0.1) is 0 Å². The Kier molecular flexibility index (Phi) is 5.97. The van der Waals surface area contributed by atoms with Gasteiger partial charge in [0.2, 0.25) is 11.8 Å². The summed E-state index contributed by atoms with van der Waals surface area (Å²) in [5.74, 6) is 0.290. The molecule has 3 fully saturated rings. The molecular formula is C22H32N4O2. The monoisotopic (exact) mass is 384 g/mol. The third-order valence-corrected chi connectivity index (χ3v) is 6.62. The number of carbonyl (C=O) groups is 2. The van der Waals surface area contributed by atoms with Crippen LogP contribution < -0.4 is 16.0 Å². The fourth-order valence-corrected chi connectivity index (χ4v) is 4.77. The minimum absolute atomic E-state index is 0.0323. The van der Waals surface area contributed by atoms with Gasteiger partial charge in [0.15, 0.2) is 0 Å². The molecule has 2 amide bonds. The average Bonchev–Trinajstić information content (AvgIpc) is 3.41. The lowest BCUT2D eigenvalue weighted by atomic mass is 9.92. The van der Waals surface area contributed by atoms with Gasteiger partial charge in [-0.2, -0.15) is 0 Å². The number of likely N-dealkylation sites (tertiary alicyclic amines) is 1. The molecule has 1 unspecified atom stereocenters. The number of piperidine rings is 2. The molecule has 1 saturated carbocycles. The van der Waals surface area contributed by atoms with E-state index in [0.29, 0.717) is 6.42 Å². The first-order chi connectivity index (χ1) is 13.6. The summed E-state index contributed by atoms with van der Waals surface area (Å²) >= 11 is 0. The summed E-state index contributed by atoms with van der Waals surface area (Å²) in [6.07, 6.45) is 7.49. The van der Waals surface area contributed by atoms with Crippen molar-refractivity contribution < 1.29 is 9.59 Å². The SMILES string of the molecule is O=C(CCN1CCCCC1)Nc1cccc(NC(=O)C2CC23CCNCC3)c1. The van der Waals surface area contributed by atoms with Gasteiger partial charge in [-0.1, -0.05) is 12.5 Å². The third-order valence-electron chi connectivity index (χ3n) is 6.62. The van der Waals surface area contributed by atoms with E-state index in [4.69, 9.17) is 0 Å². The maximum absolute atomic E-state index is 12.6. The number of hydrogen-bond acceptors (Lipinski definition) is 4. The number of carbonyl (C=O) groups excluding carboxylic acids is 2. The van der Waals surface area contributed by atoms with Crippen molar-refractivity contribution in [3.8, 4) is 0 Å². The standard InChI is InChI=1S/C22H32N4O2/c27-20(7-14-26-12-2-1-3-13-26)24-17-5-4-6-18(15-17)25-21(28)19-16-22(19)8-10-23-11-9-22/h4-6,15,19,23H,1-3,7-14,16H2,(H,24,27)(H,25,28). The Labute approximate surface area is 167 Å². The Bertz CT molecular complexity index is 708. The predicted octanol–water partition coefficient (Wildman–Crippen LogP) is 2.83. The Morgan fingerprint density at radius 2 is 1.79 bits per heavy atom. The highest BCUT2D eigenvalue weighted by Crippen LogP contribution is 2.58. The molecule has 3 aliphatic rings. The zero-order chi connectivity index (χ0) is 19.4. The van der Waals surface area contributed by atoms with Gasteiger partial charge in [0.25, 0.3) is 0 Å². The smallest absolute Gasteiger partial charge is 0.228 e. The second-order valence-corrected chi connectivity index (χ2v) is 8.64. The van der Waals surface area contributed by atoms with E-state index in [1.54, 1.807) is 0 Å². The van der Waals surface area contributed by atoms with Crippen molar-refractivity contribution in [1.82, 2.24) is 10.2 Å². The van der Waals surface area contributed by atoms with Crippen LogP contribution in [0.25, 0.3) is 0 Å². The topological polar surface area (TPSA) is 73.5 Å². The van der Waals surface area contributed by atoms with E-state index in [-0.39, 0.29) is 23.1 Å². The lowest BCUT2D eigenvalue weighted by Gasteiger charge is -2.25. The quantitative estimate of drug-likeness (QED) is 0.705. The molecule has 6 nitrogen and oxygen atoms in total. The van der Waals surface area contributed by atoms with Crippen molar-refractivity contribution >= 4 is 23.2 Å². The molecule has 0 bridgehead atoms. The molecule has 2 aliphatic heterocycles. The molecule has 2 heterocycles. The van der Waals surface area contributed by atoms with Gasteiger partial charge in [-0.25, -0.2) is 0 Å². The maximum Gasteiger partial charge on any atom is 0.228 e. The Hall–Kier alpha value is -1.92. The van der Waals surface area contributed by atoms with Crippen LogP contribution in [0.5, 0.6) is 0 Å². The van der Waals surface area contributed by atoms with Gasteiger partial charge in [-0.15, -0.1) is 0 Å². The predicted molar refractivity (Wildman–Crippen MR) is 111 cm³/mol. The number of anilines is 2. The van der Waals surface area contributed by atoms with Crippen LogP contribution in [0.2, 0.25) is 0 Å². The van der Waals surface area contributed by atoms with Gasteiger partial charge >= 0.3 is 0 Å². The highest BCUT2D eigenvalue weighted by Gasteiger charge is 2.57. The minimum Gasteiger partial charge on any atom is -0.326 e. The zero-order valence-electron chi connectivity index (χ0n) is 16.6.